The molecule has 0 aromatic rings. The molecule has 0 radical (unpaired) electrons. The van der Waals surface area contributed by atoms with Crippen molar-refractivity contribution in [2.75, 3.05) is 13.2 Å². The number of Topliss-reactive ketones (excluding diaryl/α,β-unsaturated/α-hetero) is 3. The molecular weight excluding hydrogens is 540 g/mol. The number of rotatable bonds is 29. The molecule has 242 valence electrons. The highest BCUT2D eigenvalue weighted by Gasteiger charge is 2.22. The van der Waals surface area contributed by atoms with Gasteiger partial charge in [0.05, 0.1) is 0 Å². The minimum absolute atomic E-state index is 0.228. The number of unbranched alkanes of at least 4 members (excludes halogenated alkanes) is 12. The number of carbonyl (C=O) groups excluding carboxylic acids is 6. The normalized spacial score (nSPS) is 10.9. The van der Waals surface area contributed by atoms with Gasteiger partial charge in [-0.3, -0.25) is 28.8 Å². The molecule has 0 heterocycles. The summed E-state index contributed by atoms with van der Waals surface area (Å²) in [5.74, 6) is -3.04. The first kappa shape index (κ1) is 39.4. The molecule has 0 aliphatic heterocycles. The van der Waals surface area contributed by atoms with Crippen LogP contribution in [0.25, 0.3) is 0 Å². The third kappa shape index (κ3) is 25.2. The van der Waals surface area contributed by atoms with Crippen LogP contribution in [0.4, 0.5) is 0 Å². The van der Waals surface area contributed by atoms with E-state index in [1.165, 1.54) is 0 Å². The number of hydrogen-bond acceptors (Lipinski definition) is 9. The van der Waals surface area contributed by atoms with Gasteiger partial charge in [0, 0.05) is 19.3 Å². The third-order valence-electron chi connectivity index (χ3n) is 6.86. The zero-order valence-corrected chi connectivity index (χ0v) is 26.5. The number of carbonyl (C=O) groups is 6. The predicted molar refractivity (Wildman–Crippen MR) is 161 cm³/mol. The largest absolute Gasteiger partial charge is 0.461 e. The molecule has 9 heteroatoms. The highest BCUT2D eigenvalue weighted by atomic mass is 16.6. The fourth-order valence-corrected chi connectivity index (χ4v) is 4.34. The molecule has 0 aromatic heterocycles. The van der Waals surface area contributed by atoms with Crippen LogP contribution in [0.3, 0.4) is 0 Å². The van der Waals surface area contributed by atoms with Crippen molar-refractivity contribution in [1.82, 2.24) is 0 Å². The lowest BCUT2D eigenvalue weighted by molar-refractivity contribution is -0.168. The molecule has 0 unspecified atom stereocenters. The van der Waals surface area contributed by atoms with Crippen LogP contribution >= 0.6 is 0 Å². The summed E-state index contributed by atoms with van der Waals surface area (Å²) in [4.78, 5) is 73.2. The summed E-state index contributed by atoms with van der Waals surface area (Å²) in [5.41, 5.74) is 0. The number of ether oxygens (including phenoxy) is 3. The summed E-state index contributed by atoms with van der Waals surface area (Å²) in [6.07, 6.45) is 13.1. The fraction of sp³-hybridized carbons (Fsp3) is 0.818. The van der Waals surface area contributed by atoms with Crippen molar-refractivity contribution < 1.29 is 43.0 Å². The summed E-state index contributed by atoms with van der Waals surface area (Å²) in [6, 6.07) is 0. The Labute approximate surface area is 253 Å². The molecule has 0 saturated carbocycles. The van der Waals surface area contributed by atoms with E-state index >= 15 is 0 Å². The zero-order chi connectivity index (χ0) is 31.4. The van der Waals surface area contributed by atoms with Crippen molar-refractivity contribution in [2.24, 2.45) is 0 Å². The van der Waals surface area contributed by atoms with Gasteiger partial charge in [-0.1, -0.05) is 97.8 Å². The van der Waals surface area contributed by atoms with Crippen LogP contribution in [0.1, 0.15) is 156 Å². The molecule has 9 nitrogen and oxygen atoms in total. The maximum Gasteiger partial charge on any atom is 0.313 e. The van der Waals surface area contributed by atoms with Crippen LogP contribution in [0.2, 0.25) is 0 Å². The topological polar surface area (TPSA) is 130 Å². The summed E-state index contributed by atoms with van der Waals surface area (Å²) in [7, 11) is 0. The van der Waals surface area contributed by atoms with Crippen molar-refractivity contribution in [3.05, 3.63) is 0 Å². The van der Waals surface area contributed by atoms with Crippen LogP contribution in [0.15, 0.2) is 0 Å². The second kappa shape index (κ2) is 27.3. The monoisotopic (exact) mass is 596 g/mol. The van der Waals surface area contributed by atoms with E-state index < -0.39 is 56.5 Å². The Morgan fingerprint density at radius 3 is 1.07 bits per heavy atom. The minimum Gasteiger partial charge on any atom is -0.461 e. The van der Waals surface area contributed by atoms with Gasteiger partial charge in [-0.2, -0.15) is 0 Å². The highest BCUT2D eigenvalue weighted by molar-refractivity contribution is 5.96. The number of hydrogen-bond donors (Lipinski definition) is 0. The second-order valence-electron chi connectivity index (χ2n) is 11.1. The molecule has 0 aliphatic carbocycles. The molecule has 0 rings (SSSR count). The van der Waals surface area contributed by atoms with E-state index in [9.17, 15) is 28.8 Å². The number of esters is 3. The van der Waals surface area contributed by atoms with E-state index in [2.05, 4.69) is 20.8 Å². The van der Waals surface area contributed by atoms with Crippen LogP contribution in [-0.2, 0) is 43.0 Å². The Morgan fingerprint density at radius 2 is 0.738 bits per heavy atom. The van der Waals surface area contributed by atoms with Gasteiger partial charge in [-0.05, 0) is 19.3 Å². The molecular formula is C33H56O9. The van der Waals surface area contributed by atoms with E-state index in [0.29, 0.717) is 32.1 Å². The lowest BCUT2D eigenvalue weighted by atomic mass is 10.1. The molecule has 42 heavy (non-hydrogen) atoms. The minimum atomic E-state index is -1.16. The summed E-state index contributed by atoms with van der Waals surface area (Å²) < 4.78 is 15.6. The smallest absolute Gasteiger partial charge is 0.313 e. The number of ketones is 3. The van der Waals surface area contributed by atoms with Crippen LogP contribution in [0, 0.1) is 0 Å². The van der Waals surface area contributed by atoms with Gasteiger partial charge in [-0.15, -0.1) is 0 Å². The average Bonchev–Trinajstić information content (AvgIpc) is 2.94. The van der Waals surface area contributed by atoms with Gasteiger partial charge in [-0.25, -0.2) is 0 Å². The van der Waals surface area contributed by atoms with Crippen molar-refractivity contribution in [3.8, 4) is 0 Å². The molecule has 0 atom stereocenters. The first-order valence-corrected chi connectivity index (χ1v) is 16.3. The van der Waals surface area contributed by atoms with E-state index in [-0.39, 0.29) is 23.8 Å². The average molecular weight is 597 g/mol. The van der Waals surface area contributed by atoms with Crippen molar-refractivity contribution >= 4 is 35.3 Å². The lowest BCUT2D eigenvalue weighted by Gasteiger charge is -2.18. The van der Waals surface area contributed by atoms with E-state index in [1.807, 2.05) is 0 Å². The maximum atomic E-state index is 12.4. The van der Waals surface area contributed by atoms with Gasteiger partial charge in [0.25, 0.3) is 0 Å². The van der Waals surface area contributed by atoms with E-state index in [1.54, 1.807) is 0 Å². The first-order chi connectivity index (χ1) is 20.2. The standard InChI is InChI=1S/C33H56O9/c1-4-7-10-13-16-19-27(34)22-31(37)40-25-30(42-33(39)24-29(36)21-18-15-12-9-6-3)26-41-32(38)23-28(35)20-17-14-11-8-5-2/h30H,4-26H2,1-3H3. The van der Waals surface area contributed by atoms with Crippen LogP contribution < -0.4 is 0 Å². The van der Waals surface area contributed by atoms with Gasteiger partial charge in [0.1, 0.15) is 49.8 Å². The molecule has 0 bridgehead atoms. The maximum absolute atomic E-state index is 12.4. The van der Waals surface area contributed by atoms with Gasteiger partial charge in [0.2, 0.25) is 0 Å². The molecule has 0 aromatic carbocycles. The molecule has 0 fully saturated rings. The molecule has 0 saturated heterocycles. The van der Waals surface area contributed by atoms with E-state index in [0.717, 1.165) is 77.0 Å². The Hall–Kier alpha value is -2.58. The quantitative estimate of drug-likeness (QED) is 0.0390. The molecule has 0 amide bonds. The van der Waals surface area contributed by atoms with Crippen molar-refractivity contribution in [3.63, 3.8) is 0 Å². The highest BCUT2D eigenvalue weighted by Crippen LogP contribution is 2.10. The summed E-state index contributed by atoms with van der Waals surface area (Å²) in [5, 5.41) is 0. The van der Waals surface area contributed by atoms with E-state index in [4.69, 9.17) is 14.2 Å². The van der Waals surface area contributed by atoms with Crippen molar-refractivity contribution in [2.45, 2.75) is 162 Å². The van der Waals surface area contributed by atoms with Crippen LogP contribution in [-0.4, -0.2) is 54.6 Å². The molecule has 0 aliphatic rings. The van der Waals surface area contributed by atoms with Crippen molar-refractivity contribution in [1.29, 1.82) is 0 Å². The fourth-order valence-electron chi connectivity index (χ4n) is 4.34. The van der Waals surface area contributed by atoms with Gasteiger partial charge in [0.15, 0.2) is 6.10 Å². The summed E-state index contributed by atoms with van der Waals surface area (Å²) in [6.45, 7) is 5.45. The zero-order valence-electron chi connectivity index (χ0n) is 26.5. The van der Waals surface area contributed by atoms with Gasteiger partial charge < -0.3 is 14.2 Å². The predicted octanol–water partition coefficient (Wildman–Crippen LogP) is 6.94. The SMILES string of the molecule is CCCCCCCC(=O)CC(=O)OCC(COC(=O)CC(=O)CCCCCCC)OC(=O)CC(=O)CCCCCCC. The molecule has 0 N–H and O–H groups in total. The van der Waals surface area contributed by atoms with Crippen LogP contribution in [0.5, 0.6) is 0 Å². The van der Waals surface area contributed by atoms with Gasteiger partial charge >= 0.3 is 17.9 Å². The summed E-state index contributed by atoms with van der Waals surface area (Å²) >= 11 is 0. The third-order valence-corrected chi connectivity index (χ3v) is 6.86. The molecule has 0 spiro atoms. The first-order valence-electron chi connectivity index (χ1n) is 16.3. The second-order valence-corrected chi connectivity index (χ2v) is 11.1. The Bertz CT molecular complexity index is 746. The Balaban J connectivity index is 4.75. The lowest BCUT2D eigenvalue weighted by Crippen LogP contribution is -2.32. The Morgan fingerprint density at radius 1 is 0.429 bits per heavy atom. The Kier molecular flexibility index (Phi) is 25.6.